The van der Waals surface area contributed by atoms with E-state index in [9.17, 15) is 4.79 Å². The van der Waals surface area contributed by atoms with E-state index in [0.717, 1.165) is 11.1 Å². The molecule has 0 bridgehead atoms. The summed E-state index contributed by atoms with van der Waals surface area (Å²) in [6.07, 6.45) is -0.0592. The third-order valence-corrected chi connectivity index (χ3v) is 2.62. The number of hydrogen-bond donors (Lipinski definition) is 2. The van der Waals surface area contributed by atoms with E-state index >= 15 is 0 Å². The molecule has 1 aromatic rings. The molecule has 0 saturated carbocycles. The first-order valence-electron chi connectivity index (χ1n) is 5.77. The third kappa shape index (κ3) is 3.46. The molecule has 0 aliphatic rings. The van der Waals surface area contributed by atoms with Crippen molar-refractivity contribution in [3.63, 3.8) is 0 Å². The number of primary amides is 1. The van der Waals surface area contributed by atoms with Gasteiger partial charge in [0, 0.05) is 11.6 Å². The Balaban J connectivity index is 3.02. The number of amides is 1. The van der Waals surface area contributed by atoms with Crippen LogP contribution < -0.4 is 16.2 Å². The summed E-state index contributed by atoms with van der Waals surface area (Å²) in [5.41, 5.74) is 13.1. The molecule has 0 aliphatic heterocycles. The molecule has 94 valence electrons. The van der Waals surface area contributed by atoms with Gasteiger partial charge in [-0.05, 0) is 31.9 Å². The van der Waals surface area contributed by atoms with Gasteiger partial charge in [-0.2, -0.15) is 0 Å². The monoisotopic (exact) mass is 236 g/mol. The molecule has 0 radical (unpaired) electrons. The molecule has 0 fully saturated rings. The Morgan fingerprint density at radius 3 is 2.59 bits per heavy atom. The Morgan fingerprint density at radius 1 is 1.47 bits per heavy atom. The van der Waals surface area contributed by atoms with Crippen LogP contribution >= 0.6 is 0 Å². The summed E-state index contributed by atoms with van der Waals surface area (Å²) < 4.78 is 5.64. The van der Waals surface area contributed by atoms with Crippen molar-refractivity contribution in [2.24, 2.45) is 11.5 Å². The summed E-state index contributed by atoms with van der Waals surface area (Å²) in [6, 6.07) is 5.63. The van der Waals surface area contributed by atoms with Gasteiger partial charge in [0.25, 0.3) is 5.91 Å². The van der Waals surface area contributed by atoms with E-state index in [4.69, 9.17) is 16.2 Å². The van der Waals surface area contributed by atoms with Crippen LogP contribution in [0.1, 0.15) is 37.4 Å². The van der Waals surface area contributed by atoms with Gasteiger partial charge in [-0.15, -0.1) is 0 Å². The number of hydrogen-bond acceptors (Lipinski definition) is 3. The van der Waals surface area contributed by atoms with Crippen molar-refractivity contribution in [1.82, 2.24) is 0 Å². The van der Waals surface area contributed by atoms with Crippen molar-refractivity contribution in [2.75, 3.05) is 0 Å². The van der Waals surface area contributed by atoms with Crippen LogP contribution in [0.25, 0.3) is 0 Å². The van der Waals surface area contributed by atoms with Crippen LogP contribution in [0.3, 0.4) is 0 Å². The lowest BCUT2D eigenvalue weighted by molar-refractivity contribution is -0.124. The Hall–Kier alpha value is -1.55. The molecule has 0 aliphatic carbocycles. The molecule has 2 unspecified atom stereocenters. The molecule has 2 atom stereocenters. The van der Waals surface area contributed by atoms with Gasteiger partial charge < -0.3 is 16.2 Å². The van der Waals surface area contributed by atoms with Gasteiger partial charge in [0.15, 0.2) is 6.10 Å². The van der Waals surface area contributed by atoms with Gasteiger partial charge in [0.05, 0.1) is 0 Å². The summed E-state index contributed by atoms with van der Waals surface area (Å²) in [4.78, 5) is 11.2. The molecule has 1 amide bonds. The van der Waals surface area contributed by atoms with Crippen LogP contribution in [0, 0.1) is 6.92 Å². The first kappa shape index (κ1) is 13.5. The average Bonchev–Trinajstić information content (AvgIpc) is 2.25. The normalized spacial score (nSPS) is 14.1. The maximum Gasteiger partial charge on any atom is 0.258 e. The maximum absolute atomic E-state index is 11.2. The number of benzene rings is 1. The zero-order valence-corrected chi connectivity index (χ0v) is 10.6. The zero-order chi connectivity index (χ0) is 13.0. The molecular weight excluding hydrogens is 216 g/mol. The van der Waals surface area contributed by atoms with Gasteiger partial charge in [-0.3, -0.25) is 4.79 Å². The number of nitrogens with two attached hydrogens (primary N) is 2. The smallest absolute Gasteiger partial charge is 0.258 e. The van der Waals surface area contributed by atoms with E-state index in [2.05, 4.69) is 0 Å². The van der Waals surface area contributed by atoms with Crippen molar-refractivity contribution in [3.8, 4) is 5.75 Å². The molecule has 0 aromatic heterocycles. The predicted octanol–water partition coefficient (Wildman–Crippen LogP) is 1.66. The van der Waals surface area contributed by atoms with Crippen molar-refractivity contribution < 1.29 is 9.53 Å². The van der Waals surface area contributed by atoms with E-state index in [0.29, 0.717) is 12.2 Å². The number of ether oxygens (including phenoxy) is 1. The Labute approximate surface area is 102 Å². The molecule has 0 spiro atoms. The van der Waals surface area contributed by atoms with Crippen molar-refractivity contribution in [2.45, 2.75) is 39.3 Å². The van der Waals surface area contributed by atoms with E-state index in [-0.39, 0.29) is 6.04 Å². The topological polar surface area (TPSA) is 78.3 Å². The molecular formula is C13H20N2O2. The summed E-state index contributed by atoms with van der Waals surface area (Å²) in [5.74, 6) is 0.190. The maximum atomic E-state index is 11.2. The van der Waals surface area contributed by atoms with Crippen LogP contribution in [0.4, 0.5) is 0 Å². The predicted molar refractivity (Wildman–Crippen MR) is 67.7 cm³/mol. The summed E-state index contributed by atoms with van der Waals surface area (Å²) in [6.45, 7) is 5.70. The summed E-state index contributed by atoms with van der Waals surface area (Å²) in [7, 11) is 0. The number of aryl methyl sites for hydroxylation is 1. The molecule has 4 heteroatoms. The highest BCUT2D eigenvalue weighted by Crippen LogP contribution is 2.26. The SMILES string of the molecule is CCC(Oc1cc(C)ccc1C(C)N)C(N)=O. The lowest BCUT2D eigenvalue weighted by Crippen LogP contribution is -2.33. The van der Waals surface area contributed by atoms with E-state index < -0.39 is 12.0 Å². The standard InChI is InChI=1S/C13H20N2O2/c1-4-11(13(15)16)17-12-7-8(2)5-6-10(12)9(3)14/h5-7,9,11H,4,14H2,1-3H3,(H2,15,16). The Morgan fingerprint density at radius 2 is 2.12 bits per heavy atom. The van der Waals surface area contributed by atoms with Crippen molar-refractivity contribution >= 4 is 5.91 Å². The quantitative estimate of drug-likeness (QED) is 0.816. The van der Waals surface area contributed by atoms with Gasteiger partial charge in [-0.1, -0.05) is 19.1 Å². The second-order valence-electron chi connectivity index (χ2n) is 4.25. The molecule has 17 heavy (non-hydrogen) atoms. The van der Waals surface area contributed by atoms with Gasteiger partial charge in [0.1, 0.15) is 5.75 Å². The van der Waals surface area contributed by atoms with E-state index in [1.165, 1.54) is 0 Å². The molecule has 4 N–H and O–H groups in total. The minimum atomic E-state index is -0.603. The minimum Gasteiger partial charge on any atom is -0.480 e. The Bertz CT molecular complexity index is 402. The molecule has 4 nitrogen and oxygen atoms in total. The first-order valence-corrected chi connectivity index (χ1v) is 5.77. The molecule has 1 aromatic carbocycles. The zero-order valence-electron chi connectivity index (χ0n) is 10.6. The summed E-state index contributed by atoms with van der Waals surface area (Å²) in [5, 5.41) is 0. The molecule has 0 heterocycles. The molecule has 0 saturated heterocycles. The minimum absolute atomic E-state index is 0.143. The largest absolute Gasteiger partial charge is 0.480 e. The fourth-order valence-electron chi connectivity index (χ4n) is 1.62. The van der Waals surface area contributed by atoms with Crippen LogP contribution in [0.2, 0.25) is 0 Å². The van der Waals surface area contributed by atoms with Crippen LogP contribution in [0.15, 0.2) is 18.2 Å². The second-order valence-corrected chi connectivity index (χ2v) is 4.25. The Kier molecular flexibility index (Phi) is 4.52. The average molecular weight is 236 g/mol. The third-order valence-electron chi connectivity index (χ3n) is 2.62. The van der Waals surface area contributed by atoms with Gasteiger partial charge in [0.2, 0.25) is 0 Å². The first-order chi connectivity index (χ1) is 7.95. The lowest BCUT2D eigenvalue weighted by Gasteiger charge is -2.19. The van der Waals surface area contributed by atoms with E-state index in [1.54, 1.807) is 0 Å². The van der Waals surface area contributed by atoms with Crippen molar-refractivity contribution in [1.29, 1.82) is 0 Å². The van der Waals surface area contributed by atoms with Crippen LogP contribution in [0.5, 0.6) is 5.75 Å². The fraction of sp³-hybridized carbons (Fsp3) is 0.462. The fourth-order valence-corrected chi connectivity index (χ4v) is 1.62. The number of carbonyl (C=O) groups is 1. The van der Waals surface area contributed by atoms with E-state index in [1.807, 2.05) is 39.0 Å². The van der Waals surface area contributed by atoms with Crippen molar-refractivity contribution in [3.05, 3.63) is 29.3 Å². The van der Waals surface area contributed by atoms with Crippen LogP contribution in [-0.4, -0.2) is 12.0 Å². The lowest BCUT2D eigenvalue weighted by atomic mass is 10.1. The van der Waals surface area contributed by atoms with Crippen LogP contribution in [-0.2, 0) is 4.79 Å². The highest BCUT2D eigenvalue weighted by molar-refractivity contribution is 5.79. The summed E-state index contributed by atoms with van der Waals surface area (Å²) >= 11 is 0. The second kappa shape index (κ2) is 5.68. The highest BCUT2D eigenvalue weighted by atomic mass is 16.5. The van der Waals surface area contributed by atoms with Gasteiger partial charge in [-0.25, -0.2) is 0 Å². The molecule has 1 rings (SSSR count). The number of carbonyl (C=O) groups excluding carboxylic acids is 1. The number of rotatable bonds is 5. The van der Waals surface area contributed by atoms with Gasteiger partial charge >= 0.3 is 0 Å². The highest BCUT2D eigenvalue weighted by Gasteiger charge is 2.17.